The normalized spacial score (nSPS) is 11.3. The number of fused-ring (bicyclic) bond motifs is 9. The molecule has 18 rings (SSSR count). The highest BCUT2D eigenvalue weighted by molar-refractivity contribution is 9.10. The lowest BCUT2D eigenvalue weighted by Crippen LogP contribution is -2.96. The van der Waals surface area contributed by atoms with Crippen LogP contribution < -0.4 is 29.1 Å². The Morgan fingerprint density at radius 2 is 0.598 bits per heavy atom. The van der Waals surface area contributed by atoms with E-state index in [0.29, 0.717) is 22.6 Å². The molecule has 18 aromatic carbocycles. The van der Waals surface area contributed by atoms with Crippen LogP contribution in [0.15, 0.2) is 399 Å². The summed E-state index contributed by atoms with van der Waals surface area (Å²) in [6, 6.07) is 138. The summed E-state index contributed by atoms with van der Waals surface area (Å²) in [5, 5.41) is 14.9. The average Bonchev–Trinajstić information content (AvgIpc) is 0.745. The lowest BCUT2D eigenvalue weighted by Gasteiger charge is -2.28. The smallest absolute Gasteiger partial charge is 0.193 e. The first-order valence-corrected chi connectivity index (χ1v) is 36.7. The van der Waals surface area contributed by atoms with Gasteiger partial charge in [-0.15, -0.1) is 0 Å². The van der Waals surface area contributed by atoms with Gasteiger partial charge in [0.25, 0.3) is 0 Å². The maximum Gasteiger partial charge on any atom is 0.193 e. The van der Waals surface area contributed by atoms with E-state index in [1.54, 1.807) is 19.2 Å². The number of carbonyl (C=O) groups excluding carboxylic acids is 1. The molecule has 0 heterocycles. The van der Waals surface area contributed by atoms with Crippen LogP contribution in [-0.2, 0) is 0 Å². The Bertz CT molecular complexity index is 6100. The van der Waals surface area contributed by atoms with Crippen LogP contribution in [0.3, 0.4) is 0 Å². The Morgan fingerprint density at radius 3 is 1.04 bits per heavy atom. The number of ether oxygens (including phenoxy) is 2. The van der Waals surface area contributed by atoms with Gasteiger partial charge in [0, 0.05) is 102 Å². The van der Waals surface area contributed by atoms with Gasteiger partial charge in [0.2, 0.25) is 0 Å². The first-order chi connectivity index (χ1) is 52.7. The number of halogens is 1. The van der Waals surface area contributed by atoms with E-state index < -0.39 is 0 Å². The number of carbonyl (C=O) groups is 1. The number of methoxy groups -OCH3 is 1. The number of anilines is 9. The van der Waals surface area contributed by atoms with Crippen molar-refractivity contribution in [3.63, 3.8) is 0 Å². The zero-order chi connectivity index (χ0) is 72.2. The minimum absolute atomic E-state index is 0.0107. The number of quaternary nitrogens is 1. The summed E-state index contributed by atoms with van der Waals surface area (Å²) in [6.45, 7) is 2.01. The molecule has 0 aromatic heterocycles. The van der Waals surface area contributed by atoms with Crippen LogP contribution in [0.5, 0.6) is 17.2 Å². The van der Waals surface area contributed by atoms with E-state index in [4.69, 9.17) is 9.47 Å². The van der Waals surface area contributed by atoms with Gasteiger partial charge >= 0.3 is 0 Å². The lowest BCUT2D eigenvalue weighted by atomic mass is 9.96. The van der Waals surface area contributed by atoms with Gasteiger partial charge in [-0.3, -0.25) is 4.79 Å². The number of hydrogen-bond acceptors (Lipinski definition) is 6. The highest BCUT2D eigenvalue weighted by atomic mass is 79.9. The van der Waals surface area contributed by atoms with Gasteiger partial charge < -0.3 is 24.2 Å². The fraction of sp³-hybridized carbons (Fsp3) is 0.0202. The van der Waals surface area contributed by atoms with Crippen LogP contribution in [0.4, 0.5) is 68.2 Å². The van der Waals surface area contributed by atoms with E-state index in [9.17, 15) is 4.79 Å². The SMILES string of the molecule is Brc1ccc(N(c2ccc([NH+](c3cc4ccccc4c4ccccc34)c3cc4ccccc4c4ccccc34)cc2)c2cc3ccccc3c3ccccc23)cc1.COc1ccc(N(c2ccccc2)c2ccc(N(c3ccccc3)c3ccc(Oc4ccc(C(=O)c5ccc(C)cc5)cc4)cc3)cc2)cc1. The summed E-state index contributed by atoms with van der Waals surface area (Å²) in [6.07, 6.45) is 0. The third kappa shape index (κ3) is 13.6. The van der Waals surface area contributed by atoms with Crippen LogP contribution in [0.2, 0.25) is 0 Å². The van der Waals surface area contributed by atoms with E-state index in [-0.39, 0.29) is 5.78 Å². The lowest BCUT2D eigenvalue weighted by molar-refractivity contribution is -0.678. The van der Waals surface area contributed by atoms with Crippen molar-refractivity contribution in [1.29, 1.82) is 0 Å². The third-order valence-electron chi connectivity index (χ3n) is 20.0. The number of rotatable bonds is 17. The highest BCUT2D eigenvalue weighted by Gasteiger charge is 2.28. The van der Waals surface area contributed by atoms with Crippen LogP contribution in [0, 0.1) is 6.92 Å². The Kier molecular flexibility index (Phi) is 18.6. The van der Waals surface area contributed by atoms with Gasteiger partial charge in [0.15, 0.2) is 5.78 Å². The zero-order valence-electron chi connectivity index (χ0n) is 59.0. The molecule has 0 saturated heterocycles. The Morgan fingerprint density at radius 1 is 0.290 bits per heavy atom. The molecule has 107 heavy (non-hydrogen) atoms. The fourth-order valence-electron chi connectivity index (χ4n) is 14.9. The number of nitrogens with zero attached hydrogens (tertiary/aromatic N) is 3. The molecule has 0 bridgehead atoms. The summed E-state index contributed by atoms with van der Waals surface area (Å²) in [5.41, 5.74) is 15.5. The van der Waals surface area contributed by atoms with Crippen molar-refractivity contribution in [2.24, 2.45) is 0 Å². The summed E-state index contributed by atoms with van der Waals surface area (Å²) in [4.78, 5) is 21.0. The first kappa shape index (κ1) is 66.8. The van der Waals surface area contributed by atoms with Gasteiger partial charge in [-0.25, -0.2) is 4.90 Å². The number of aryl methyl sites for hydroxylation is 1. The highest BCUT2D eigenvalue weighted by Crippen LogP contribution is 2.45. The van der Waals surface area contributed by atoms with E-state index in [1.165, 1.54) is 86.6 Å². The minimum Gasteiger partial charge on any atom is -0.497 e. The maximum absolute atomic E-state index is 12.9. The first-order valence-electron chi connectivity index (χ1n) is 35.9. The van der Waals surface area contributed by atoms with Gasteiger partial charge in [-0.2, -0.15) is 0 Å². The predicted octanol–water partition coefficient (Wildman–Crippen LogP) is 27.0. The van der Waals surface area contributed by atoms with Gasteiger partial charge in [-0.1, -0.05) is 216 Å². The number of nitrogens with one attached hydrogen (secondary N) is 1. The number of hydrogen-bond donors (Lipinski definition) is 1. The van der Waals surface area contributed by atoms with Crippen molar-refractivity contribution >= 4 is 155 Å². The molecule has 1 N–H and O–H groups in total. The van der Waals surface area contributed by atoms with Crippen molar-refractivity contribution < 1.29 is 19.2 Å². The fourth-order valence-corrected chi connectivity index (χ4v) is 15.1. The Hall–Kier alpha value is -13.4. The molecule has 0 unspecified atom stereocenters. The van der Waals surface area contributed by atoms with E-state index in [2.05, 4.69) is 316 Å². The van der Waals surface area contributed by atoms with Crippen molar-refractivity contribution in [3.05, 3.63) is 415 Å². The van der Waals surface area contributed by atoms with Crippen LogP contribution in [-0.4, -0.2) is 12.9 Å². The molecule has 18 aromatic rings. The monoisotopic (exact) mass is 1440 g/mol. The molecule has 7 nitrogen and oxygen atoms in total. The molecular weight excluding hydrogens is 1370 g/mol. The number of ketones is 1. The van der Waals surface area contributed by atoms with Gasteiger partial charge in [0.05, 0.1) is 12.8 Å². The molecule has 8 heteroatoms. The van der Waals surface area contributed by atoms with Gasteiger partial charge in [0.1, 0.15) is 34.3 Å². The third-order valence-corrected chi connectivity index (χ3v) is 20.6. The molecular formula is C99H72BrN4O3+. The number of para-hydroxylation sites is 2. The maximum atomic E-state index is 12.9. The second-order valence-corrected chi connectivity index (χ2v) is 27.6. The summed E-state index contributed by atoms with van der Waals surface area (Å²) >= 11 is 3.69. The molecule has 0 amide bonds. The van der Waals surface area contributed by atoms with E-state index >= 15 is 0 Å². The summed E-state index contributed by atoms with van der Waals surface area (Å²) in [5.74, 6) is 2.17. The minimum atomic E-state index is -0.0107. The van der Waals surface area contributed by atoms with Crippen LogP contribution >= 0.6 is 15.9 Å². The Balaban J connectivity index is 0.000000159. The van der Waals surface area contributed by atoms with E-state index in [0.717, 1.165) is 67.0 Å². The van der Waals surface area contributed by atoms with E-state index in [1.807, 2.05) is 104 Å². The average molecular weight is 1450 g/mol. The largest absolute Gasteiger partial charge is 0.497 e. The van der Waals surface area contributed by atoms with Gasteiger partial charge in [-0.05, 0) is 231 Å². The molecule has 0 saturated carbocycles. The van der Waals surface area contributed by atoms with Crippen molar-refractivity contribution in [1.82, 2.24) is 0 Å². The molecule has 0 radical (unpaired) electrons. The standard InChI is InChI=1S/C54H35BrN2.C45H36N2O3/c55-39-25-27-40(28-26-39)56(52-33-36-13-1-4-16-43(36)46-19-7-10-22-49(46)52)41-29-31-42(32-30-41)57(53-34-37-14-2-5-17-44(37)47-20-8-11-23-50(47)53)54-35-38-15-3-6-18-45(38)48-21-9-12-24-51(48)54;1-33-13-15-34(16-14-33)45(48)35-17-27-43(28-18-35)50-44-31-25-41(26-32-44)47(37-11-7-4-8-12-37)39-21-19-38(20-22-39)46(36-9-5-3-6-10-36)40-23-29-42(49-2)30-24-40/h1-35H;3-32H,1-2H3/p+1. The molecule has 0 aliphatic carbocycles. The second kappa shape index (κ2) is 29.8. The van der Waals surface area contributed by atoms with Crippen molar-refractivity contribution in [2.75, 3.05) is 21.8 Å². The molecule has 512 valence electrons. The molecule has 0 aliphatic rings. The Labute approximate surface area is 631 Å². The predicted molar refractivity (Wildman–Crippen MR) is 450 cm³/mol. The summed E-state index contributed by atoms with van der Waals surface area (Å²) < 4.78 is 12.6. The molecule has 0 fully saturated rings. The second-order valence-electron chi connectivity index (χ2n) is 26.6. The molecule has 0 aliphatic heterocycles. The zero-order valence-corrected chi connectivity index (χ0v) is 60.6. The van der Waals surface area contributed by atoms with Crippen molar-refractivity contribution in [3.8, 4) is 17.2 Å². The molecule has 0 atom stereocenters. The molecule has 0 spiro atoms. The van der Waals surface area contributed by atoms with Crippen LogP contribution in [0.1, 0.15) is 21.5 Å². The number of benzene rings is 18. The summed E-state index contributed by atoms with van der Waals surface area (Å²) in [7, 11) is 1.68. The van der Waals surface area contributed by atoms with Crippen molar-refractivity contribution in [2.45, 2.75) is 6.92 Å². The van der Waals surface area contributed by atoms with Crippen LogP contribution in [0.25, 0.3) is 64.6 Å². The topological polar surface area (TPSA) is 49.7 Å². The quantitative estimate of drug-likeness (QED) is 0.0724.